The minimum atomic E-state index is 0.984. The molecule has 0 bridgehead atoms. The van der Waals surface area contributed by atoms with Gasteiger partial charge >= 0.3 is 0 Å². The fraction of sp³-hybridized carbons (Fsp3) is 0.462. The predicted molar refractivity (Wildman–Crippen MR) is 65.6 cm³/mol. The first-order valence-corrected chi connectivity index (χ1v) is 5.68. The SMILES string of the molecule is Cc1cn(CCc2nccn2C)c(C)c1C. The molecule has 0 saturated carbocycles. The molecule has 0 radical (unpaired) electrons. The monoisotopic (exact) mass is 217 g/mol. The van der Waals surface area contributed by atoms with Gasteiger partial charge in [-0.2, -0.15) is 0 Å². The molecule has 2 aromatic rings. The summed E-state index contributed by atoms with van der Waals surface area (Å²) in [4.78, 5) is 4.34. The standard InChI is InChI=1S/C13H19N3/c1-10-9-16(12(3)11(10)2)7-5-13-14-6-8-15(13)4/h6,8-9H,5,7H2,1-4H3. The van der Waals surface area contributed by atoms with E-state index in [4.69, 9.17) is 0 Å². The van der Waals surface area contributed by atoms with Crippen LogP contribution in [-0.4, -0.2) is 14.1 Å². The summed E-state index contributed by atoms with van der Waals surface area (Å²) in [5.41, 5.74) is 4.14. The summed E-state index contributed by atoms with van der Waals surface area (Å²) in [7, 11) is 2.04. The summed E-state index contributed by atoms with van der Waals surface area (Å²) in [6.07, 6.45) is 7.06. The van der Waals surface area contributed by atoms with Crippen molar-refractivity contribution in [2.75, 3.05) is 0 Å². The zero-order valence-electron chi connectivity index (χ0n) is 10.5. The van der Waals surface area contributed by atoms with Crippen molar-refractivity contribution in [3.63, 3.8) is 0 Å². The summed E-state index contributed by atoms with van der Waals surface area (Å²) in [5.74, 6) is 1.14. The van der Waals surface area contributed by atoms with E-state index in [1.807, 2.05) is 19.4 Å². The zero-order chi connectivity index (χ0) is 11.7. The Morgan fingerprint density at radius 1 is 1.25 bits per heavy atom. The summed E-state index contributed by atoms with van der Waals surface area (Å²) in [6, 6.07) is 0. The van der Waals surface area contributed by atoms with Crippen molar-refractivity contribution < 1.29 is 0 Å². The minimum Gasteiger partial charge on any atom is -0.351 e. The number of hydrogen-bond donors (Lipinski definition) is 0. The molecule has 0 aliphatic heterocycles. The van der Waals surface area contributed by atoms with Gasteiger partial charge in [0.2, 0.25) is 0 Å². The van der Waals surface area contributed by atoms with Crippen molar-refractivity contribution in [2.45, 2.75) is 33.7 Å². The van der Waals surface area contributed by atoms with Crippen LogP contribution in [0.2, 0.25) is 0 Å². The summed E-state index contributed by atoms with van der Waals surface area (Å²) >= 11 is 0. The molecule has 0 atom stereocenters. The highest BCUT2D eigenvalue weighted by Crippen LogP contribution is 2.15. The van der Waals surface area contributed by atoms with Crippen LogP contribution in [-0.2, 0) is 20.0 Å². The van der Waals surface area contributed by atoms with Crippen molar-refractivity contribution in [2.24, 2.45) is 7.05 Å². The van der Waals surface area contributed by atoms with E-state index >= 15 is 0 Å². The Morgan fingerprint density at radius 2 is 2.00 bits per heavy atom. The maximum atomic E-state index is 4.34. The van der Waals surface area contributed by atoms with Crippen LogP contribution in [0.4, 0.5) is 0 Å². The topological polar surface area (TPSA) is 22.8 Å². The molecule has 0 amide bonds. The molecule has 0 aliphatic rings. The molecule has 0 fully saturated rings. The van der Waals surface area contributed by atoms with Crippen LogP contribution in [0.15, 0.2) is 18.6 Å². The molecule has 2 rings (SSSR count). The van der Waals surface area contributed by atoms with Gasteiger partial charge in [0.1, 0.15) is 5.82 Å². The summed E-state index contributed by atoms with van der Waals surface area (Å²) < 4.78 is 4.40. The molecule has 0 N–H and O–H groups in total. The van der Waals surface area contributed by atoms with E-state index in [1.165, 1.54) is 16.8 Å². The molecule has 0 aliphatic carbocycles. The van der Waals surface area contributed by atoms with Crippen LogP contribution in [0.5, 0.6) is 0 Å². The van der Waals surface area contributed by atoms with Crippen molar-refractivity contribution >= 4 is 0 Å². The molecule has 0 spiro atoms. The highest BCUT2D eigenvalue weighted by atomic mass is 15.0. The summed E-state index contributed by atoms with van der Waals surface area (Å²) in [5, 5.41) is 0. The maximum absolute atomic E-state index is 4.34. The molecule has 3 heteroatoms. The van der Waals surface area contributed by atoms with Gasteiger partial charge in [-0.05, 0) is 31.9 Å². The van der Waals surface area contributed by atoms with Crippen LogP contribution in [0.1, 0.15) is 22.6 Å². The van der Waals surface area contributed by atoms with Gasteiger partial charge in [0.15, 0.2) is 0 Å². The van der Waals surface area contributed by atoms with Gasteiger partial charge in [-0.15, -0.1) is 0 Å². The summed E-state index contributed by atoms with van der Waals surface area (Å²) in [6.45, 7) is 7.54. The van der Waals surface area contributed by atoms with Crippen molar-refractivity contribution in [1.82, 2.24) is 14.1 Å². The lowest BCUT2D eigenvalue weighted by atomic mass is 10.2. The predicted octanol–water partition coefficient (Wildman–Crippen LogP) is 2.39. The Balaban J connectivity index is 2.11. The second kappa shape index (κ2) is 4.16. The van der Waals surface area contributed by atoms with Gasteiger partial charge < -0.3 is 9.13 Å². The van der Waals surface area contributed by atoms with Crippen molar-refractivity contribution in [3.8, 4) is 0 Å². The number of hydrogen-bond acceptors (Lipinski definition) is 1. The Morgan fingerprint density at radius 3 is 2.50 bits per heavy atom. The van der Waals surface area contributed by atoms with Crippen LogP contribution in [0.3, 0.4) is 0 Å². The Bertz CT molecular complexity index is 491. The average molecular weight is 217 g/mol. The minimum absolute atomic E-state index is 0.984. The largest absolute Gasteiger partial charge is 0.351 e. The Kier molecular flexibility index (Phi) is 2.86. The third-order valence-electron chi connectivity index (χ3n) is 3.41. The van der Waals surface area contributed by atoms with Gasteiger partial charge in [-0.1, -0.05) is 0 Å². The zero-order valence-corrected chi connectivity index (χ0v) is 10.5. The number of nitrogens with zero attached hydrogens (tertiary/aromatic N) is 3. The first-order valence-electron chi connectivity index (χ1n) is 5.68. The number of aryl methyl sites for hydroxylation is 4. The molecule has 16 heavy (non-hydrogen) atoms. The molecule has 2 aromatic heterocycles. The lowest BCUT2D eigenvalue weighted by Crippen LogP contribution is -2.06. The Labute approximate surface area is 96.7 Å². The Hall–Kier alpha value is -1.51. The van der Waals surface area contributed by atoms with Gasteiger partial charge in [0.05, 0.1) is 0 Å². The molecule has 0 aromatic carbocycles. The van der Waals surface area contributed by atoms with E-state index in [0.29, 0.717) is 0 Å². The molecule has 0 saturated heterocycles. The fourth-order valence-electron chi connectivity index (χ4n) is 2.02. The molecule has 0 unspecified atom stereocenters. The maximum Gasteiger partial charge on any atom is 0.110 e. The second-order valence-corrected chi connectivity index (χ2v) is 4.42. The fourth-order valence-corrected chi connectivity index (χ4v) is 2.02. The van der Waals surface area contributed by atoms with E-state index in [2.05, 4.69) is 41.1 Å². The third-order valence-corrected chi connectivity index (χ3v) is 3.41. The lowest BCUT2D eigenvalue weighted by Gasteiger charge is -2.06. The van der Waals surface area contributed by atoms with Crippen LogP contribution in [0.25, 0.3) is 0 Å². The first-order chi connectivity index (χ1) is 7.59. The van der Waals surface area contributed by atoms with Crippen LogP contribution < -0.4 is 0 Å². The molecule has 3 nitrogen and oxygen atoms in total. The molecule has 2 heterocycles. The van der Waals surface area contributed by atoms with E-state index in [1.54, 1.807) is 0 Å². The molecular weight excluding hydrogens is 198 g/mol. The third kappa shape index (κ3) is 1.90. The van der Waals surface area contributed by atoms with E-state index in [9.17, 15) is 0 Å². The average Bonchev–Trinajstić information content (AvgIpc) is 2.76. The second-order valence-electron chi connectivity index (χ2n) is 4.42. The number of rotatable bonds is 3. The van der Waals surface area contributed by atoms with Gasteiger partial charge in [-0.3, -0.25) is 0 Å². The van der Waals surface area contributed by atoms with E-state index in [-0.39, 0.29) is 0 Å². The van der Waals surface area contributed by atoms with Crippen molar-refractivity contribution in [3.05, 3.63) is 41.2 Å². The smallest absolute Gasteiger partial charge is 0.110 e. The highest BCUT2D eigenvalue weighted by molar-refractivity contribution is 5.28. The molecular formula is C13H19N3. The van der Waals surface area contributed by atoms with Crippen LogP contribution in [0, 0.1) is 20.8 Å². The van der Waals surface area contributed by atoms with Gasteiger partial charge in [0, 0.05) is 44.3 Å². The highest BCUT2D eigenvalue weighted by Gasteiger charge is 2.06. The lowest BCUT2D eigenvalue weighted by molar-refractivity contribution is 0.639. The quantitative estimate of drug-likeness (QED) is 0.774. The van der Waals surface area contributed by atoms with Gasteiger partial charge in [-0.25, -0.2) is 4.98 Å². The number of aromatic nitrogens is 3. The van der Waals surface area contributed by atoms with Gasteiger partial charge in [0.25, 0.3) is 0 Å². The number of imidazole rings is 1. The van der Waals surface area contributed by atoms with E-state index in [0.717, 1.165) is 18.8 Å². The van der Waals surface area contributed by atoms with Crippen LogP contribution >= 0.6 is 0 Å². The van der Waals surface area contributed by atoms with Crippen molar-refractivity contribution in [1.29, 1.82) is 0 Å². The first kappa shape index (κ1) is 11.0. The normalized spacial score (nSPS) is 11.0. The molecule has 86 valence electrons. The van der Waals surface area contributed by atoms with E-state index < -0.39 is 0 Å².